The Hall–Kier alpha value is -0.710. The molecule has 0 aromatic carbocycles. The highest BCUT2D eigenvalue weighted by Gasteiger charge is 2.42. The zero-order valence-electron chi connectivity index (χ0n) is 10.1. The third-order valence-corrected chi connectivity index (χ3v) is 5.40. The van der Waals surface area contributed by atoms with Gasteiger partial charge in [-0.2, -0.15) is 11.8 Å². The summed E-state index contributed by atoms with van der Waals surface area (Å²) in [5.74, 6) is -1.12. The number of hydrogen-bond donors (Lipinski definition) is 2. The van der Waals surface area contributed by atoms with Crippen molar-refractivity contribution in [1.29, 1.82) is 0 Å². The molecule has 2 unspecified atom stereocenters. The second-order valence-electron chi connectivity index (χ2n) is 5.15. The van der Waals surface area contributed by atoms with Crippen LogP contribution >= 0.6 is 11.8 Å². The van der Waals surface area contributed by atoms with Crippen LogP contribution in [0, 0.1) is 11.8 Å². The maximum absolute atomic E-state index is 11.9. The normalized spacial score (nSPS) is 29.9. The van der Waals surface area contributed by atoms with Crippen LogP contribution in [0.4, 0.5) is 0 Å². The lowest BCUT2D eigenvalue weighted by Crippen LogP contribution is -2.35. The van der Waals surface area contributed by atoms with Gasteiger partial charge in [-0.15, -0.1) is 0 Å². The lowest BCUT2D eigenvalue weighted by molar-refractivity contribution is -0.141. The first-order chi connectivity index (χ1) is 8.06. The van der Waals surface area contributed by atoms with Crippen LogP contribution < -0.4 is 5.32 Å². The number of carboxylic acids is 1. The fourth-order valence-corrected chi connectivity index (χ4v) is 3.16. The van der Waals surface area contributed by atoms with Crippen LogP contribution in [0.3, 0.4) is 0 Å². The van der Waals surface area contributed by atoms with Crippen LogP contribution in [0.1, 0.15) is 32.1 Å². The highest BCUT2D eigenvalue weighted by Crippen LogP contribution is 2.46. The zero-order valence-corrected chi connectivity index (χ0v) is 10.9. The van der Waals surface area contributed by atoms with Gasteiger partial charge in [0.05, 0.1) is 5.92 Å². The summed E-state index contributed by atoms with van der Waals surface area (Å²) in [6, 6.07) is 0. The molecule has 2 fully saturated rings. The van der Waals surface area contributed by atoms with Gasteiger partial charge in [-0.05, 0) is 38.4 Å². The van der Waals surface area contributed by atoms with Crippen LogP contribution in [0.2, 0.25) is 0 Å². The molecule has 0 aliphatic heterocycles. The van der Waals surface area contributed by atoms with E-state index in [0.29, 0.717) is 12.8 Å². The molecule has 0 radical (unpaired) electrons. The number of nitrogens with one attached hydrogen (secondary N) is 1. The monoisotopic (exact) mass is 257 g/mol. The predicted molar refractivity (Wildman–Crippen MR) is 67.0 cm³/mol. The van der Waals surface area contributed by atoms with Gasteiger partial charge in [0.25, 0.3) is 0 Å². The molecule has 2 atom stereocenters. The molecule has 4 nitrogen and oxygen atoms in total. The summed E-state index contributed by atoms with van der Waals surface area (Å²) in [6.07, 6.45) is 6.30. The highest BCUT2D eigenvalue weighted by molar-refractivity contribution is 8.00. The van der Waals surface area contributed by atoms with Crippen LogP contribution in [-0.4, -0.2) is 34.5 Å². The van der Waals surface area contributed by atoms with E-state index < -0.39 is 5.97 Å². The molecule has 0 heterocycles. The molecule has 96 valence electrons. The van der Waals surface area contributed by atoms with Crippen molar-refractivity contribution in [1.82, 2.24) is 5.32 Å². The average molecular weight is 257 g/mol. The van der Waals surface area contributed by atoms with Gasteiger partial charge in [-0.3, -0.25) is 9.59 Å². The zero-order chi connectivity index (χ0) is 12.5. The minimum absolute atomic E-state index is 0.0501. The third kappa shape index (κ3) is 2.94. The van der Waals surface area contributed by atoms with Gasteiger partial charge in [-0.1, -0.05) is 0 Å². The molecular weight excluding hydrogens is 238 g/mol. The molecule has 0 saturated heterocycles. The smallest absolute Gasteiger partial charge is 0.306 e. The summed E-state index contributed by atoms with van der Waals surface area (Å²) in [4.78, 5) is 22.7. The average Bonchev–Trinajstić information content (AvgIpc) is 2.92. The van der Waals surface area contributed by atoms with E-state index in [-0.39, 0.29) is 22.5 Å². The molecule has 2 saturated carbocycles. The molecule has 2 aliphatic carbocycles. The van der Waals surface area contributed by atoms with Crippen molar-refractivity contribution in [2.24, 2.45) is 11.8 Å². The van der Waals surface area contributed by atoms with E-state index in [1.165, 1.54) is 12.8 Å². The Balaban J connectivity index is 1.76. The van der Waals surface area contributed by atoms with Crippen molar-refractivity contribution in [3.8, 4) is 0 Å². The van der Waals surface area contributed by atoms with Gasteiger partial charge in [0.15, 0.2) is 0 Å². The second kappa shape index (κ2) is 4.88. The summed E-state index contributed by atoms with van der Waals surface area (Å²) >= 11 is 1.82. The SMILES string of the molecule is CSC1(CNC(=O)C2CCC(C(=O)O)C2)CC1. The number of aliphatic carboxylic acids is 1. The summed E-state index contributed by atoms with van der Waals surface area (Å²) in [5.41, 5.74) is 0. The molecule has 5 heteroatoms. The maximum Gasteiger partial charge on any atom is 0.306 e. The van der Waals surface area contributed by atoms with Gasteiger partial charge in [0, 0.05) is 17.2 Å². The number of rotatable bonds is 5. The van der Waals surface area contributed by atoms with Crippen molar-refractivity contribution in [2.45, 2.75) is 36.9 Å². The standard InChI is InChI=1S/C12H19NO3S/c1-17-12(4-5-12)7-13-10(14)8-2-3-9(6-8)11(15)16/h8-9H,2-7H2,1H3,(H,13,14)(H,15,16). The van der Waals surface area contributed by atoms with Gasteiger partial charge in [0.1, 0.15) is 0 Å². The van der Waals surface area contributed by atoms with Crippen molar-refractivity contribution in [3.05, 3.63) is 0 Å². The Kier molecular flexibility index (Phi) is 3.66. The summed E-state index contributed by atoms with van der Waals surface area (Å²) < 4.78 is 0.278. The third-order valence-electron chi connectivity index (χ3n) is 3.98. The number of thioether (sulfide) groups is 1. The Morgan fingerprint density at radius 1 is 1.35 bits per heavy atom. The van der Waals surface area contributed by atoms with E-state index >= 15 is 0 Å². The van der Waals surface area contributed by atoms with Gasteiger partial charge in [-0.25, -0.2) is 0 Å². The first-order valence-electron chi connectivity index (χ1n) is 6.12. The first-order valence-corrected chi connectivity index (χ1v) is 7.34. The summed E-state index contributed by atoms with van der Waals surface area (Å²) in [6.45, 7) is 0.737. The number of carboxylic acid groups (broad SMARTS) is 1. The molecule has 0 aromatic heterocycles. The summed E-state index contributed by atoms with van der Waals surface area (Å²) in [5, 5.41) is 11.9. The molecular formula is C12H19NO3S. The van der Waals surface area contributed by atoms with E-state index in [1.54, 1.807) is 0 Å². The number of carbonyl (C=O) groups excluding carboxylic acids is 1. The fraction of sp³-hybridized carbons (Fsp3) is 0.833. The van der Waals surface area contributed by atoms with Crippen molar-refractivity contribution in [3.63, 3.8) is 0 Å². The maximum atomic E-state index is 11.9. The number of carbonyl (C=O) groups is 2. The van der Waals surface area contributed by atoms with E-state index in [0.717, 1.165) is 13.0 Å². The summed E-state index contributed by atoms with van der Waals surface area (Å²) in [7, 11) is 0. The van der Waals surface area contributed by atoms with Crippen molar-refractivity contribution in [2.75, 3.05) is 12.8 Å². The van der Waals surface area contributed by atoms with Crippen LogP contribution in [-0.2, 0) is 9.59 Å². The van der Waals surface area contributed by atoms with Crippen LogP contribution in [0.15, 0.2) is 0 Å². The molecule has 0 bridgehead atoms. The van der Waals surface area contributed by atoms with E-state index in [2.05, 4.69) is 11.6 Å². The molecule has 0 aromatic rings. The largest absolute Gasteiger partial charge is 0.481 e. The fourth-order valence-electron chi connectivity index (χ4n) is 2.43. The van der Waals surface area contributed by atoms with Gasteiger partial charge >= 0.3 is 5.97 Å². The second-order valence-corrected chi connectivity index (χ2v) is 6.42. The van der Waals surface area contributed by atoms with E-state index in [1.807, 2.05) is 11.8 Å². The molecule has 2 aliphatic rings. The molecule has 2 rings (SSSR count). The minimum atomic E-state index is -0.761. The molecule has 0 spiro atoms. The first kappa shape index (κ1) is 12.7. The lowest BCUT2D eigenvalue weighted by atomic mass is 10.0. The Morgan fingerprint density at radius 3 is 2.47 bits per heavy atom. The Morgan fingerprint density at radius 2 is 2.00 bits per heavy atom. The van der Waals surface area contributed by atoms with Crippen molar-refractivity contribution >= 4 is 23.6 Å². The topological polar surface area (TPSA) is 66.4 Å². The quantitative estimate of drug-likeness (QED) is 0.783. The van der Waals surface area contributed by atoms with Crippen LogP contribution in [0.25, 0.3) is 0 Å². The molecule has 2 N–H and O–H groups in total. The minimum Gasteiger partial charge on any atom is -0.481 e. The lowest BCUT2D eigenvalue weighted by Gasteiger charge is -2.15. The van der Waals surface area contributed by atoms with Gasteiger partial charge < -0.3 is 10.4 Å². The number of amides is 1. The molecule has 1 amide bonds. The Labute approximate surface area is 106 Å². The van der Waals surface area contributed by atoms with Gasteiger partial charge in [0.2, 0.25) is 5.91 Å². The van der Waals surface area contributed by atoms with E-state index in [9.17, 15) is 9.59 Å². The van der Waals surface area contributed by atoms with Crippen LogP contribution in [0.5, 0.6) is 0 Å². The molecule has 17 heavy (non-hydrogen) atoms. The Bertz CT molecular complexity index is 328. The highest BCUT2D eigenvalue weighted by atomic mass is 32.2. The number of hydrogen-bond acceptors (Lipinski definition) is 3. The van der Waals surface area contributed by atoms with E-state index in [4.69, 9.17) is 5.11 Å². The predicted octanol–water partition coefficient (Wildman–Crippen LogP) is 1.50. The van der Waals surface area contributed by atoms with Crippen molar-refractivity contribution < 1.29 is 14.7 Å².